The predicted octanol–water partition coefficient (Wildman–Crippen LogP) is 2.39. The number of aromatic nitrogens is 2. The van der Waals surface area contributed by atoms with E-state index in [0.29, 0.717) is 0 Å². The largest absolute Gasteiger partial charge is 0.573 e. The minimum Gasteiger partial charge on any atom is -0.406 e. The smallest absolute Gasteiger partial charge is 0.406 e. The van der Waals surface area contributed by atoms with Crippen LogP contribution in [0.5, 0.6) is 5.75 Å². The van der Waals surface area contributed by atoms with Crippen molar-refractivity contribution >= 4 is 15.8 Å². The molecule has 2 aromatic rings. The van der Waals surface area contributed by atoms with Crippen molar-refractivity contribution < 1.29 is 26.3 Å². The van der Waals surface area contributed by atoms with Crippen LogP contribution in [-0.4, -0.2) is 31.0 Å². The molecule has 0 saturated heterocycles. The number of hydrogen-bond donors (Lipinski definition) is 1. The zero-order chi connectivity index (χ0) is 17.1. The first-order chi connectivity index (χ1) is 10.6. The van der Waals surface area contributed by atoms with Crippen LogP contribution in [0.25, 0.3) is 0 Å². The number of hydrogen-bond acceptors (Lipinski definition) is 6. The zero-order valence-corrected chi connectivity index (χ0v) is 12.6. The number of nitrogens with zero attached hydrogens (tertiary/aromatic N) is 2. The molecule has 2 rings (SSSR count). The second-order valence-corrected chi connectivity index (χ2v) is 6.57. The Hall–Kier alpha value is -2.36. The summed E-state index contributed by atoms with van der Waals surface area (Å²) in [5, 5.41) is 2.78. The van der Waals surface area contributed by atoms with Crippen LogP contribution in [-0.2, 0) is 16.4 Å². The van der Waals surface area contributed by atoms with Gasteiger partial charge in [0.2, 0.25) is 5.95 Å². The van der Waals surface area contributed by atoms with Gasteiger partial charge in [0.1, 0.15) is 5.75 Å². The van der Waals surface area contributed by atoms with Gasteiger partial charge >= 0.3 is 6.36 Å². The van der Waals surface area contributed by atoms with E-state index in [4.69, 9.17) is 0 Å². The third kappa shape index (κ3) is 5.40. The molecule has 23 heavy (non-hydrogen) atoms. The number of halogens is 3. The Morgan fingerprint density at radius 3 is 2.39 bits per heavy atom. The molecule has 1 heterocycles. The van der Waals surface area contributed by atoms with Crippen molar-refractivity contribution in [2.45, 2.75) is 17.8 Å². The Morgan fingerprint density at radius 2 is 1.83 bits per heavy atom. The van der Waals surface area contributed by atoms with E-state index in [1.807, 2.05) is 0 Å². The summed E-state index contributed by atoms with van der Waals surface area (Å²) in [5.41, 5.74) is 0.277. The molecule has 0 saturated carbocycles. The normalized spacial score (nSPS) is 12.0. The van der Waals surface area contributed by atoms with Gasteiger partial charge in [-0.25, -0.2) is 18.4 Å². The Morgan fingerprint density at radius 1 is 1.17 bits per heavy atom. The quantitative estimate of drug-likeness (QED) is 0.894. The second kappa shape index (κ2) is 6.41. The van der Waals surface area contributed by atoms with Gasteiger partial charge in [0.15, 0.2) is 9.84 Å². The minimum atomic E-state index is -4.91. The molecule has 10 heteroatoms. The second-order valence-electron chi connectivity index (χ2n) is 4.56. The summed E-state index contributed by atoms with van der Waals surface area (Å²) < 4.78 is 64.0. The van der Waals surface area contributed by atoms with Crippen LogP contribution < -0.4 is 10.1 Å². The van der Waals surface area contributed by atoms with Crippen LogP contribution in [0, 0.1) is 0 Å². The first-order valence-corrected chi connectivity index (χ1v) is 8.13. The average molecular weight is 347 g/mol. The standard InChI is InChI=1S/C13H12F3N3O3S/c1-23(20,21)11-6-9(5-10(7-11)22-13(14,15)16)8-19-12-17-3-2-4-18-12/h2-7H,8H2,1H3,(H,17,18,19). The van der Waals surface area contributed by atoms with Crippen LogP contribution in [0.1, 0.15) is 5.56 Å². The number of anilines is 1. The average Bonchev–Trinajstić information content (AvgIpc) is 2.43. The highest BCUT2D eigenvalue weighted by Gasteiger charge is 2.31. The maximum atomic E-state index is 12.3. The summed E-state index contributed by atoms with van der Waals surface area (Å²) in [6.07, 6.45) is -1.04. The zero-order valence-electron chi connectivity index (χ0n) is 11.8. The fraction of sp³-hybridized carbons (Fsp3) is 0.231. The topological polar surface area (TPSA) is 81.2 Å². The van der Waals surface area contributed by atoms with E-state index in [2.05, 4.69) is 20.0 Å². The molecule has 0 aliphatic rings. The van der Waals surface area contributed by atoms with E-state index in [1.165, 1.54) is 18.5 Å². The molecule has 0 atom stereocenters. The predicted molar refractivity (Wildman–Crippen MR) is 75.6 cm³/mol. The molecule has 0 unspecified atom stereocenters. The summed E-state index contributed by atoms with van der Waals surface area (Å²) in [7, 11) is -3.69. The maximum Gasteiger partial charge on any atom is 0.573 e. The molecule has 0 aliphatic heterocycles. The summed E-state index contributed by atoms with van der Waals surface area (Å²) in [5.74, 6) is -0.346. The van der Waals surface area contributed by atoms with E-state index < -0.39 is 21.9 Å². The molecule has 1 aromatic carbocycles. The lowest BCUT2D eigenvalue weighted by molar-refractivity contribution is -0.274. The van der Waals surface area contributed by atoms with Crippen LogP contribution in [0.15, 0.2) is 41.6 Å². The van der Waals surface area contributed by atoms with Crippen LogP contribution in [0.2, 0.25) is 0 Å². The molecule has 0 amide bonds. The lowest BCUT2D eigenvalue weighted by atomic mass is 10.2. The molecule has 0 bridgehead atoms. The molecule has 124 valence electrons. The van der Waals surface area contributed by atoms with Crippen molar-refractivity contribution in [1.29, 1.82) is 0 Å². The number of nitrogens with one attached hydrogen (secondary N) is 1. The molecule has 1 aromatic heterocycles. The van der Waals surface area contributed by atoms with E-state index in [-0.39, 0.29) is 23.0 Å². The summed E-state index contributed by atoms with van der Waals surface area (Å²) in [6.45, 7) is 0.0294. The van der Waals surface area contributed by atoms with E-state index in [0.717, 1.165) is 18.4 Å². The molecule has 0 fully saturated rings. The van der Waals surface area contributed by atoms with Gasteiger partial charge in [0.25, 0.3) is 0 Å². The number of alkyl halides is 3. The molecule has 6 nitrogen and oxygen atoms in total. The van der Waals surface area contributed by atoms with Crippen molar-refractivity contribution in [3.63, 3.8) is 0 Å². The highest BCUT2D eigenvalue weighted by atomic mass is 32.2. The Bertz CT molecular complexity index is 780. The van der Waals surface area contributed by atoms with Gasteiger partial charge in [-0.2, -0.15) is 0 Å². The number of ether oxygens (including phenoxy) is 1. The Kier molecular flexibility index (Phi) is 4.73. The molecular formula is C13H12F3N3O3S. The Labute approximate surface area is 130 Å². The van der Waals surface area contributed by atoms with Gasteiger partial charge < -0.3 is 10.1 Å². The molecule has 0 radical (unpaired) electrons. The third-order valence-electron chi connectivity index (χ3n) is 2.62. The van der Waals surface area contributed by atoms with Gasteiger partial charge in [0.05, 0.1) is 4.90 Å². The van der Waals surface area contributed by atoms with Gasteiger partial charge in [-0.15, -0.1) is 13.2 Å². The summed E-state index contributed by atoms with van der Waals surface area (Å²) in [4.78, 5) is 7.52. The first kappa shape index (κ1) is 17.0. The van der Waals surface area contributed by atoms with Crippen molar-refractivity contribution in [3.8, 4) is 5.75 Å². The molecular weight excluding hydrogens is 335 g/mol. The van der Waals surface area contributed by atoms with Crippen LogP contribution in [0.4, 0.5) is 19.1 Å². The van der Waals surface area contributed by atoms with Gasteiger partial charge in [0, 0.05) is 25.2 Å². The van der Waals surface area contributed by atoms with Crippen molar-refractivity contribution in [2.24, 2.45) is 0 Å². The molecule has 0 spiro atoms. The minimum absolute atomic E-state index is 0.0294. The van der Waals surface area contributed by atoms with Gasteiger partial charge in [-0.05, 0) is 29.8 Å². The van der Waals surface area contributed by atoms with Crippen molar-refractivity contribution in [3.05, 3.63) is 42.2 Å². The third-order valence-corrected chi connectivity index (χ3v) is 3.71. The van der Waals surface area contributed by atoms with Crippen LogP contribution >= 0.6 is 0 Å². The fourth-order valence-electron chi connectivity index (χ4n) is 1.71. The lowest BCUT2D eigenvalue weighted by Gasteiger charge is -2.12. The number of rotatable bonds is 5. The number of benzene rings is 1. The highest BCUT2D eigenvalue weighted by Crippen LogP contribution is 2.27. The van der Waals surface area contributed by atoms with Crippen molar-refractivity contribution in [1.82, 2.24) is 9.97 Å². The lowest BCUT2D eigenvalue weighted by Crippen LogP contribution is -2.17. The highest BCUT2D eigenvalue weighted by molar-refractivity contribution is 7.90. The van der Waals surface area contributed by atoms with Gasteiger partial charge in [-0.1, -0.05) is 0 Å². The number of sulfone groups is 1. The van der Waals surface area contributed by atoms with Crippen molar-refractivity contribution in [2.75, 3.05) is 11.6 Å². The first-order valence-electron chi connectivity index (χ1n) is 6.24. The SMILES string of the molecule is CS(=O)(=O)c1cc(CNc2ncccn2)cc(OC(F)(F)F)c1. The van der Waals surface area contributed by atoms with E-state index >= 15 is 0 Å². The monoisotopic (exact) mass is 347 g/mol. The Balaban J connectivity index is 2.28. The fourth-order valence-corrected chi connectivity index (χ4v) is 2.41. The molecule has 0 aliphatic carbocycles. The maximum absolute atomic E-state index is 12.3. The molecule has 1 N–H and O–H groups in total. The van der Waals surface area contributed by atoms with E-state index in [9.17, 15) is 21.6 Å². The summed E-state index contributed by atoms with van der Waals surface area (Å²) in [6, 6.07) is 4.78. The van der Waals surface area contributed by atoms with Gasteiger partial charge in [-0.3, -0.25) is 0 Å². The summed E-state index contributed by atoms with van der Waals surface area (Å²) >= 11 is 0. The van der Waals surface area contributed by atoms with Crippen LogP contribution in [0.3, 0.4) is 0 Å². The van der Waals surface area contributed by atoms with E-state index in [1.54, 1.807) is 6.07 Å².